The monoisotopic (exact) mass is 330 g/mol. The molecule has 0 saturated heterocycles. The molecule has 1 aromatic carbocycles. The van der Waals surface area contributed by atoms with Gasteiger partial charge in [0.05, 0.1) is 24.3 Å². The Bertz CT molecular complexity index is 794. The number of nitrogens with zero attached hydrogens (tertiary/aromatic N) is 1. The molecule has 1 aliphatic carbocycles. The summed E-state index contributed by atoms with van der Waals surface area (Å²) in [5.41, 5.74) is 2.19. The Morgan fingerprint density at radius 1 is 1.46 bits per heavy atom. The number of phenolic OH excluding ortho intramolecular Hbond substituents is 1. The van der Waals surface area contributed by atoms with Crippen LogP contribution in [-0.2, 0) is 11.2 Å². The summed E-state index contributed by atoms with van der Waals surface area (Å²) in [6.45, 7) is 5.09. The SMILES string of the molecule is COc1cc([C@@H]2c3c(n[nH]c3C)C[C@](C)(O)[C@@H]2C(C)=O)ccc1O. The molecule has 24 heavy (non-hydrogen) atoms. The molecule has 6 nitrogen and oxygen atoms in total. The first kappa shape index (κ1) is 16.5. The number of methoxy groups -OCH3 is 1. The number of carbonyl (C=O) groups is 1. The normalized spacial score (nSPS) is 26.0. The van der Waals surface area contributed by atoms with Crippen molar-refractivity contribution in [2.45, 2.75) is 38.7 Å². The van der Waals surface area contributed by atoms with E-state index in [0.717, 1.165) is 22.5 Å². The Morgan fingerprint density at radius 2 is 2.17 bits per heavy atom. The highest BCUT2D eigenvalue weighted by molar-refractivity contribution is 5.82. The Balaban J connectivity index is 2.24. The quantitative estimate of drug-likeness (QED) is 0.801. The Kier molecular flexibility index (Phi) is 3.87. The van der Waals surface area contributed by atoms with Crippen LogP contribution in [0.2, 0.25) is 0 Å². The summed E-state index contributed by atoms with van der Waals surface area (Å²) in [6.07, 6.45) is 0.322. The highest BCUT2D eigenvalue weighted by Crippen LogP contribution is 2.47. The van der Waals surface area contributed by atoms with Crippen LogP contribution in [0.4, 0.5) is 0 Å². The second kappa shape index (κ2) is 5.63. The average Bonchev–Trinajstić information content (AvgIpc) is 2.85. The van der Waals surface area contributed by atoms with Crippen molar-refractivity contribution in [2.75, 3.05) is 7.11 Å². The number of carbonyl (C=O) groups excluding carboxylic acids is 1. The van der Waals surface area contributed by atoms with Crippen molar-refractivity contribution >= 4 is 5.78 Å². The summed E-state index contributed by atoms with van der Waals surface area (Å²) in [4.78, 5) is 12.4. The van der Waals surface area contributed by atoms with Gasteiger partial charge in [-0.1, -0.05) is 6.07 Å². The first-order valence-corrected chi connectivity index (χ1v) is 7.89. The Morgan fingerprint density at radius 3 is 2.79 bits per heavy atom. The Labute approximate surface area is 140 Å². The molecular weight excluding hydrogens is 308 g/mol. The number of aromatic nitrogens is 2. The number of aromatic hydroxyl groups is 1. The lowest BCUT2D eigenvalue weighted by Gasteiger charge is -2.41. The minimum Gasteiger partial charge on any atom is -0.504 e. The number of phenols is 1. The van der Waals surface area contributed by atoms with E-state index in [1.165, 1.54) is 14.0 Å². The largest absolute Gasteiger partial charge is 0.504 e. The van der Waals surface area contributed by atoms with E-state index < -0.39 is 11.5 Å². The van der Waals surface area contributed by atoms with E-state index in [4.69, 9.17) is 4.74 Å². The van der Waals surface area contributed by atoms with Crippen molar-refractivity contribution < 1.29 is 19.7 Å². The highest BCUT2D eigenvalue weighted by atomic mass is 16.5. The van der Waals surface area contributed by atoms with E-state index in [9.17, 15) is 15.0 Å². The van der Waals surface area contributed by atoms with Gasteiger partial charge in [-0.05, 0) is 38.5 Å². The fourth-order valence-electron chi connectivity index (χ4n) is 3.93. The van der Waals surface area contributed by atoms with Crippen LogP contribution in [0, 0.1) is 12.8 Å². The van der Waals surface area contributed by atoms with Gasteiger partial charge in [0.15, 0.2) is 11.5 Å². The van der Waals surface area contributed by atoms with E-state index in [1.807, 2.05) is 6.92 Å². The number of nitrogens with one attached hydrogen (secondary N) is 1. The van der Waals surface area contributed by atoms with Crippen LogP contribution in [0.5, 0.6) is 11.5 Å². The number of H-pyrrole nitrogens is 1. The number of Topliss-reactive ketones (excluding diaryl/α,β-unsaturated/α-hetero) is 1. The number of hydrogen-bond donors (Lipinski definition) is 3. The lowest BCUT2D eigenvalue weighted by Crippen LogP contribution is -2.48. The zero-order valence-electron chi connectivity index (χ0n) is 14.3. The fourth-order valence-corrected chi connectivity index (χ4v) is 3.93. The maximum atomic E-state index is 12.4. The number of hydrogen-bond acceptors (Lipinski definition) is 5. The topological polar surface area (TPSA) is 95.4 Å². The van der Waals surface area contributed by atoms with Gasteiger partial charge in [-0.25, -0.2) is 0 Å². The number of ketones is 1. The van der Waals surface area contributed by atoms with Gasteiger partial charge >= 0.3 is 0 Å². The molecule has 0 amide bonds. The van der Waals surface area contributed by atoms with Crippen LogP contribution < -0.4 is 4.74 Å². The van der Waals surface area contributed by atoms with Gasteiger partial charge in [0.1, 0.15) is 5.78 Å². The van der Waals surface area contributed by atoms with Crippen molar-refractivity contribution in [3.63, 3.8) is 0 Å². The van der Waals surface area contributed by atoms with Crippen molar-refractivity contribution in [1.29, 1.82) is 0 Å². The number of aromatic amines is 1. The molecule has 1 aromatic heterocycles. The molecule has 0 unspecified atom stereocenters. The first-order valence-electron chi connectivity index (χ1n) is 7.89. The van der Waals surface area contributed by atoms with Crippen LogP contribution in [0.15, 0.2) is 18.2 Å². The summed E-state index contributed by atoms with van der Waals surface area (Å²) in [5.74, 6) is -0.664. The molecule has 0 aliphatic heterocycles. The van der Waals surface area contributed by atoms with Crippen LogP contribution in [0.3, 0.4) is 0 Å². The molecule has 0 fully saturated rings. The number of aryl methyl sites for hydroxylation is 1. The van der Waals surface area contributed by atoms with E-state index in [-0.39, 0.29) is 17.5 Å². The molecule has 2 aromatic rings. The molecule has 1 heterocycles. The molecule has 0 bridgehead atoms. The summed E-state index contributed by atoms with van der Waals surface area (Å²) < 4.78 is 5.20. The average molecular weight is 330 g/mol. The van der Waals surface area contributed by atoms with E-state index >= 15 is 0 Å². The van der Waals surface area contributed by atoms with Gasteiger partial charge in [-0.15, -0.1) is 0 Å². The maximum absolute atomic E-state index is 12.4. The summed E-state index contributed by atoms with van der Waals surface area (Å²) in [6, 6.07) is 5.02. The van der Waals surface area contributed by atoms with Crippen molar-refractivity contribution in [3.8, 4) is 11.5 Å². The van der Waals surface area contributed by atoms with Crippen molar-refractivity contribution in [3.05, 3.63) is 40.7 Å². The fraction of sp³-hybridized carbons (Fsp3) is 0.444. The molecule has 0 saturated carbocycles. The number of aliphatic hydroxyl groups is 1. The van der Waals surface area contributed by atoms with Crippen LogP contribution in [-0.4, -0.2) is 38.9 Å². The maximum Gasteiger partial charge on any atom is 0.160 e. The summed E-state index contributed by atoms with van der Waals surface area (Å²) >= 11 is 0. The van der Waals surface area contributed by atoms with Gasteiger partial charge in [0, 0.05) is 23.6 Å². The van der Waals surface area contributed by atoms with E-state index in [0.29, 0.717) is 12.2 Å². The van der Waals surface area contributed by atoms with Gasteiger partial charge < -0.3 is 14.9 Å². The molecular formula is C18H22N2O4. The molecule has 3 rings (SSSR count). The van der Waals surface area contributed by atoms with Gasteiger partial charge in [0.25, 0.3) is 0 Å². The number of fused-ring (bicyclic) bond motifs is 1. The summed E-state index contributed by atoms with van der Waals surface area (Å²) in [7, 11) is 1.48. The van der Waals surface area contributed by atoms with Crippen molar-refractivity contribution in [2.24, 2.45) is 5.92 Å². The number of rotatable bonds is 3. The molecule has 0 radical (unpaired) electrons. The minimum absolute atomic E-state index is 0.0346. The molecule has 3 N–H and O–H groups in total. The zero-order valence-corrected chi connectivity index (χ0v) is 14.3. The lowest BCUT2D eigenvalue weighted by atomic mass is 9.64. The van der Waals surface area contributed by atoms with E-state index in [1.54, 1.807) is 25.1 Å². The number of ether oxygens (including phenoxy) is 1. The smallest absolute Gasteiger partial charge is 0.160 e. The van der Waals surface area contributed by atoms with E-state index in [2.05, 4.69) is 10.2 Å². The molecule has 1 aliphatic rings. The second-order valence-corrected chi connectivity index (χ2v) is 6.74. The number of benzene rings is 1. The molecule has 3 atom stereocenters. The second-order valence-electron chi connectivity index (χ2n) is 6.74. The van der Waals surface area contributed by atoms with Gasteiger partial charge in [-0.3, -0.25) is 9.89 Å². The third-order valence-corrected chi connectivity index (χ3v) is 4.91. The lowest BCUT2D eigenvalue weighted by molar-refractivity contribution is -0.130. The van der Waals surface area contributed by atoms with Crippen molar-refractivity contribution in [1.82, 2.24) is 10.2 Å². The standard InChI is InChI=1S/C18H22N2O4/c1-9-15-12(20-19-9)8-18(3,23)17(10(2)21)16(15)11-5-6-13(22)14(7-11)24-4/h5-7,16-17,22-23H,8H2,1-4H3,(H,19,20)/t16-,17-,18+/m1/s1. The predicted molar refractivity (Wildman–Crippen MR) is 88.3 cm³/mol. The van der Waals surface area contributed by atoms with Gasteiger partial charge in [-0.2, -0.15) is 5.10 Å². The molecule has 0 spiro atoms. The molecule has 128 valence electrons. The predicted octanol–water partition coefficient (Wildman–Crippen LogP) is 2.08. The summed E-state index contributed by atoms with van der Waals surface area (Å²) in [5, 5.41) is 28.0. The minimum atomic E-state index is -1.20. The first-order chi connectivity index (χ1) is 11.3. The van der Waals surface area contributed by atoms with Crippen LogP contribution >= 0.6 is 0 Å². The third kappa shape index (κ3) is 2.47. The van der Waals surface area contributed by atoms with Gasteiger partial charge in [0.2, 0.25) is 0 Å². The highest BCUT2D eigenvalue weighted by Gasteiger charge is 2.48. The molecule has 6 heteroatoms. The Hall–Kier alpha value is -2.34. The third-order valence-electron chi connectivity index (χ3n) is 4.91. The zero-order chi connectivity index (χ0) is 17.6. The van der Waals surface area contributed by atoms with Crippen LogP contribution in [0.25, 0.3) is 0 Å². The van der Waals surface area contributed by atoms with Crippen LogP contribution in [0.1, 0.15) is 42.3 Å².